The first-order valence-corrected chi connectivity index (χ1v) is 10.6. The van der Waals surface area contributed by atoms with E-state index in [0.29, 0.717) is 24.8 Å². The zero-order chi connectivity index (χ0) is 20.5. The zero-order valence-corrected chi connectivity index (χ0v) is 17.6. The number of hydrogen-bond donors (Lipinski definition) is 1. The minimum Gasteiger partial charge on any atom is -0.478 e. The maximum Gasteiger partial charge on any atom is 0.339 e. The highest BCUT2D eigenvalue weighted by Crippen LogP contribution is 2.33. The van der Waals surface area contributed by atoms with Crippen molar-refractivity contribution in [3.8, 4) is 10.6 Å². The fourth-order valence-corrected chi connectivity index (χ4v) is 4.39. The lowest BCUT2D eigenvalue weighted by molar-refractivity contribution is 0.0697. The normalized spacial score (nSPS) is 15.2. The first-order valence-electron chi connectivity index (χ1n) is 9.82. The Morgan fingerprint density at radius 1 is 1.21 bits per heavy atom. The number of rotatable bonds is 5. The van der Waals surface area contributed by atoms with Crippen molar-refractivity contribution in [2.45, 2.75) is 45.4 Å². The maximum atomic E-state index is 11.8. The van der Waals surface area contributed by atoms with Crippen LogP contribution < -0.4 is 4.90 Å². The quantitative estimate of drug-likeness (QED) is 0.649. The van der Waals surface area contributed by atoms with Crippen molar-refractivity contribution in [2.75, 3.05) is 18.0 Å². The van der Waals surface area contributed by atoms with E-state index in [1.54, 1.807) is 23.5 Å². The molecule has 4 heterocycles. The third-order valence-electron chi connectivity index (χ3n) is 5.22. The molecule has 4 rings (SSSR count). The van der Waals surface area contributed by atoms with Crippen LogP contribution in [0.25, 0.3) is 10.6 Å². The molecule has 1 fully saturated rings. The summed E-state index contributed by atoms with van der Waals surface area (Å²) >= 11 is 1.66. The van der Waals surface area contributed by atoms with Gasteiger partial charge in [0.25, 0.3) is 0 Å². The van der Waals surface area contributed by atoms with E-state index in [4.69, 9.17) is 9.51 Å². The first kappa shape index (κ1) is 19.6. The van der Waals surface area contributed by atoms with Crippen LogP contribution in [0.3, 0.4) is 0 Å². The number of carboxylic acids is 1. The maximum absolute atomic E-state index is 11.8. The number of pyridine rings is 1. The van der Waals surface area contributed by atoms with E-state index in [1.165, 1.54) is 4.88 Å². The second-order valence-electron chi connectivity index (χ2n) is 7.69. The minimum atomic E-state index is -0.956. The number of hydrogen-bond acceptors (Lipinski definition) is 7. The van der Waals surface area contributed by atoms with Gasteiger partial charge in [0.05, 0.1) is 10.6 Å². The Labute approximate surface area is 173 Å². The van der Waals surface area contributed by atoms with Crippen LogP contribution in [0.15, 0.2) is 28.8 Å². The molecule has 1 aliphatic rings. The highest BCUT2D eigenvalue weighted by Gasteiger charge is 2.28. The van der Waals surface area contributed by atoms with Gasteiger partial charge < -0.3 is 14.5 Å². The van der Waals surface area contributed by atoms with Crippen LogP contribution in [-0.4, -0.2) is 39.3 Å². The molecule has 0 radical (unpaired) electrons. The van der Waals surface area contributed by atoms with Crippen LogP contribution in [0.2, 0.25) is 0 Å². The second-order valence-corrected chi connectivity index (χ2v) is 8.98. The number of nitrogens with zero attached hydrogens (tertiary/aromatic N) is 4. The Morgan fingerprint density at radius 2 is 1.97 bits per heavy atom. The topological polar surface area (TPSA) is 92.3 Å². The van der Waals surface area contributed by atoms with Gasteiger partial charge >= 0.3 is 5.97 Å². The average Bonchev–Trinajstić information content (AvgIpc) is 3.37. The van der Waals surface area contributed by atoms with Crippen molar-refractivity contribution in [1.82, 2.24) is 15.1 Å². The van der Waals surface area contributed by atoms with Gasteiger partial charge in [-0.1, -0.05) is 19.0 Å². The Hall–Kier alpha value is -2.74. The molecule has 1 aliphatic heterocycles. The molecule has 29 heavy (non-hydrogen) atoms. The molecule has 0 aliphatic carbocycles. The van der Waals surface area contributed by atoms with Gasteiger partial charge in [-0.2, -0.15) is 4.98 Å². The van der Waals surface area contributed by atoms with Gasteiger partial charge in [-0.25, -0.2) is 9.78 Å². The zero-order valence-electron chi connectivity index (χ0n) is 16.8. The summed E-state index contributed by atoms with van der Waals surface area (Å²) in [6.45, 7) is 7.53. The molecular weight excluding hydrogens is 388 g/mol. The van der Waals surface area contributed by atoms with Crippen molar-refractivity contribution in [1.29, 1.82) is 0 Å². The lowest BCUT2D eigenvalue weighted by Crippen LogP contribution is -2.34. The molecular formula is C21H24N4O3S. The van der Waals surface area contributed by atoms with E-state index in [-0.39, 0.29) is 17.4 Å². The number of aromatic carboxylic acids is 1. The smallest absolute Gasteiger partial charge is 0.339 e. The van der Waals surface area contributed by atoms with Gasteiger partial charge in [-0.05, 0) is 44.0 Å². The molecule has 0 bridgehead atoms. The van der Waals surface area contributed by atoms with Crippen LogP contribution in [0.5, 0.6) is 0 Å². The molecule has 1 saturated heterocycles. The van der Waals surface area contributed by atoms with Crippen LogP contribution in [0.4, 0.5) is 5.82 Å². The monoisotopic (exact) mass is 412 g/mol. The summed E-state index contributed by atoms with van der Waals surface area (Å²) in [6.07, 6.45) is 1.64. The van der Waals surface area contributed by atoms with Gasteiger partial charge in [-0.15, -0.1) is 11.3 Å². The van der Waals surface area contributed by atoms with E-state index in [0.717, 1.165) is 29.2 Å². The van der Waals surface area contributed by atoms with Crippen LogP contribution in [0.1, 0.15) is 65.5 Å². The molecule has 0 saturated carbocycles. The van der Waals surface area contributed by atoms with Crippen molar-refractivity contribution in [3.05, 3.63) is 46.4 Å². The standard InChI is InChI=1S/C21H24N4O3S/c1-12(2)18-23-20(28-24-18)14-8-10-25(11-9-14)19-15(21(26)27)5-6-16(22-19)17-7-4-13(3)29-17/h4-7,12,14H,8-11H2,1-3H3,(H,26,27). The van der Waals surface area contributed by atoms with E-state index in [9.17, 15) is 9.90 Å². The molecule has 152 valence electrons. The molecule has 0 amide bonds. The first-order chi connectivity index (χ1) is 13.9. The highest BCUT2D eigenvalue weighted by atomic mass is 32.1. The summed E-state index contributed by atoms with van der Waals surface area (Å²) < 4.78 is 5.46. The van der Waals surface area contributed by atoms with Crippen LogP contribution in [0, 0.1) is 6.92 Å². The Bertz CT molecular complexity index is 1020. The van der Waals surface area contributed by atoms with Gasteiger partial charge in [-0.3, -0.25) is 0 Å². The Morgan fingerprint density at radius 3 is 2.55 bits per heavy atom. The number of carbonyl (C=O) groups is 1. The van der Waals surface area contributed by atoms with Gasteiger partial charge in [0.15, 0.2) is 5.82 Å². The predicted octanol–water partition coefficient (Wildman–Crippen LogP) is 4.71. The fourth-order valence-electron chi connectivity index (χ4n) is 3.55. The summed E-state index contributed by atoms with van der Waals surface area (Å²) in [4.78, 5) is 25.3. The van der Waals surface area contributed by atoms with Crippen molar-refractivity contribution < 1.29 is 14.4 Å². The fraction of sp³-hybridized carbons (Fsp3) is 0.429. The summed E-state index contributed by atoms with van der Waals surface area (Å²) in [5.74, 6) is 1.43. The molecule has 0 aromatic carbocycles. The van der Waals surface area contributed by atoms with E-state index in [2.05, 4.69) is 15.0 Å². The summed E-state index contributed by atoms with van der Waals surface area (Å²) in [7, 11) is 0. The molecule has 3 aromatic rings. The van der Waals surface area contributed by atoms with Crippen LogP contribution in [-0.2, 0) is 0 Å². The van der Waals surface area contributed by atoms with E-state index >= 15 is 0 Å². The van der Waals surface area contributed by atoms with Gasteiger partial charge in [0, 0.05) is 29.8 Å². The van der Waals surface area contributed by atoms with E-state index < -0.39 is 5.97 Å². The number of piperidine rings is 1. The average molecular weight is 413 g/mol. The lowest BCUT2D eigenvalue weighted by atomic mass is 9.96. The molecule has 3 aromatic heterocycles. The third-order valence-corrected chi connectivity index (χ3v) is 6.24. The molecule has 0 unspecified atom stereocenters. The van der Waals surface area contributed by atoms with Gasteiger partial charge in [0.2, 0.25) is 5.89 Å². The molecule has 7 nitrogen and oxygen atoms in total. The highest BCUT2D eigenvalue weighted by molar-refractivity contribution is 7.15. The molecule has 8 heteroatoms. The number of aryl methyl sites for hydroxylation is 1. The lowest BCUT2D eigenvalue weighted by Gasteiger charge is -2.32. The molecule has 0 spiro atoms. The van der Waals surface area contributed by atoms with Crippen molar-refractivity contribution in [2.24, 2.45) is 0 Å². The third kappa shape index (κ3) is 4.03. The summed E-state index contributed by atoms with van der Waals surface area (Å²) in [5.41, 5.74) is 1.05. The number of aromatic nitrogens is 3. The number of carboxylic acid groups (broad SMARTS) is 1. The SMILES string of the molecule is Cc1ccc(-c2ccc(C(=O)O)c(N3CCC(c4nc(C(C)C)no4)CC3)n2)s1. The second kappa shape index (κ2) is 7.94. The Balaban J connectivity index is 1.55. The predicted molar refractivity (Wildman–Crippen MR) is 112 cm³/mol. The van der Waals surface area contributed by atoms with Crippen LogP contribution >= 0.6 is 11.3 Å². The van der Waals surface area contributed by atoms with Gasteiger partial charge in [0.1, 0.15) is 11.4 Å². The number of anilines is 1. The summed E-state index contributed by atoms with van der Waals surface area (Å²) in [5, 5.41) is 13.7. The molecule has 0 atom stereocenters. The minimum absolute atomic E-state index is 0.197. The largest absolute Gasteiger partial charge is 0.478 e. The number of thiophene rings is 1. The Kier molecular flexibility index (Phi) is 5.36. The van der Waals surface area contributed by atoms with Crippen molar-refractivity contribution in [3.63, 3.8) is 0 Å². The van der Waals surface area contributed by atoms with E-state index in [1.807, 2.05) is 32.9 Å². The summed E-state index contributed by atoms with van der Waals surface area (Å²) in [6, 6.07) is 7.53. The van der Waals surface area contributed by atoms with Crippen molar-refractivity contribution >= 4 is 23.1 Å². The molecule has 1 N–H and O–H groups in total.